The summed E-state index contributed by atoms with van der Waals surface area (Å²) in [6.45, 7) is 6.49. The van der Waals surface area contributed by atoms with E-state index in [0.717, 1.165) is 18.4 Å². The minimum atomic E-state index is -3.41. The molecule has 1 unspecified atom stereocenters. The normalized spacial score (nSPS) is 19.2. The van der Waals surface area contributed by atoms with Crippen LogP contribution in [0.1, 0.15) is 25.8 Å². The Bertz CT molecular complexity index is 577. The van der Waals surface area contributed by atoms with Crippen LogP contribution >= 0.6 is 0 Å². The number of hydrogen-bond donors (Lipinski definition) is 1. The van der Waals surface area contributed by atoms with Gasteiger partial charge in [0, 0.05) is 32.2 Å². The second-order valence-corrected chi connectivity index (χ2v) is 7.62. The fourth-order valence-electron chi connectivity index (χ4n) is 2.89. The number of sulfonamides is 1. The number of aliphatic hydroxyl groups excluding tert-OH is 1. The van der Waals surface area contributed by atoms with Crippen molar-refractivity contribution in [2.45, 2.75) is 37.6 Å². The Labute approximate surface area is 133 Å². The van der Waals surface area contributed by atoms with Gasteiger partial charge in [0.25, 0.3) is 0 Å². The summed E-state index contributed by atoms with van der Waals surface area (Å²) in [6.07, 6.45) is 1.70. The van der Waals surface area contributed by atoms with Crippen LogP contribution in [-0.4, -0.2) is 61.6 Å². The van der Waals surface area contributed by atoms with Crippen molar-refractivity contribution in [3.05, 3.63) is 29.8 Å². The van der Waals surface area contributed by atoms with Crippen LogP contribution in [0.4, 0.5) is 0 Å². The predicted octanol–water partition coefficient (Wildman–Crippen LogP) is 1.33. The highest BCUT2D eigenvalue weighted by Gasteiger charge is 2.30. The molecule has 0 amide bonds. The lowest BCUT2D eigenvalue weighted by molar-refractivity contribution is 0.0881. The summed E-state index contributed by atoms with van der Waals surface area (Å²) in [5.74, 6) is 0. The van der Waals surface area contributed by atoms with E-state index >= 15 is 0 Å². The summed E-state index contributed by atoms with van der Waals surface area (Å²) < 4.78 is 27.0. The topological polar surface area (TPSA) is 60.9 Å². The smallest absolute Gasteiger partial charge is 0.243 e. The van der Waals surface area contributed by atoms with Crippen LogP contribution < -0.4 is 0 Å². The minimum Gasteiger partial charge on any atom is -0.395 e. The lowest BCUT2D eigenvalue weighted by Crippen LogP contribution is -2.52. The highest BCUT2D eigenvalue weighted by Crippen LogP contribution is 2.20. The fourth-order valence-corrected chi connectivity index (χ4v) is 4.38. The van der Waals surface area contributed by atoms with E-state index in [1.807, 2.05) is 19.9 Å². The first kappa shape index (κ1) is 17.4. The molecule has 0 radical (unpaired) electrons. The summed E-state index contributed by atoms with van der Waals surface area (Å²) in [7, 11) is -3.41. The van der Waals surface area contributed by atoms with Crippen molar-refractivity contribution in [1.29, 1.82) is 0 Å². The van der Waals surface area contributed by atoms with Crippen molar-refractivity contribution in [2.75, 3.05) is 32.8 Å². The molecule has 124 valence electrons. The standard InChI is InChI=1S/C16H26N2O3S/c1-3-14-6-5-7-16(12-14)22(20,21)18-10-8-17(9-11-18)15(4-2)13-19/h5-7,12,15,19H,3-4,8-11,13H2,1-2H3. The predicted molar refractivity (Wildman–Crippen MR) is 87.3 cm³/mol. The molecular formula is C16H26N2O3S. The molecule has 1 heterocycles. The summed E-state index contributed by atoms with van der Waals surface area (Å²) in [6, 6.07) is 7.33. The van der Waals surface area contributed by atoms with Crippen LogP contribution in [0.15, 0.2) is 29.2 Å². The third kappa shape index (κ3) is 3.68. The lowest BCUT2D eigenvalue weighted by Gasteiger charge is -2.37. The van der Waals surface area contributed by atoms with Gasteiger partial charge in [-0.3, -0.25) is 4.90 Å². The third-order valence-electron chi connectivity index (χ3n) is 4.42. The quantitative estimate of drug-likeness (QED) is 0.857. The highest BCUT2D eigenvalue weighted by atomic mass is 32.2. The number of nitrogens with zero attached hydrogens (tertiary/aromatic N) is 2. The molecule has 1 aromatic rings. The molecule has 0 aliphatic carbocycles. The van der Waals surface area contributed by atoms with Crippen LogP contribution in [0.2, 0.25) is 0 Å². The number of rotatable bonds is 6. The molecule has 1 fully saturated rings. The number of aliphatic hydroxyl groups is 1. The molecule has 0 saturated carbocycles. The van der Waals surface area contributed by atoms with E-state index in [1.54, 1.807) is 22.5 Å². The summed E-state index contributed by atoms with van der Waals surface area (Å²) in [4.78, 5) is 2.56. The molecule has 0 aromatic heterocycles. The largest absolute Gasteiger partial charge is 0.395 e. The third-order valence-corrected chi connectivity index (χ3v) is 6.31. The van der Waals surface area contributed by atoms with E-state index in [4.69, 9.17) is 0 Å². The maximum Gasteiger partial charge on any atom is 0.243 e. The number of benzene rings is 1. The minimum absolute atomic E-state index is 0.127. The van der Waals surface area contributed by atoms with Crippen LogP contribution in [0, 0.1) is 0 Å². The van der Waals surface area contributed by atoms with E-state index in [9.17, 15) is 13.5 Å². The van der Waals surface area contributed by atoms with Crippen LogP contribution in [0.5, 0.6) is 0 Å². The number of piperazine rings is 1. The van der Waals surface area contributed by atoms with Gasteiger partial charge in [0.05, 0.1) is 11.5 Å². The zero-order chi connectivity index (χ0) is 16.2. The van der Waals surface area contributed by atoms with E-state index in [1.165, 1.54) is 0 Å². The maximum absolute atomic E-state index is 12.7. The first-order valence-corrected chi connectivity index (χ1v) is 9.41. The Morgan fingerprint density at radius 1 is 1.18 bits per heavy atom. The molecule has 1 N–H and O–H groups in total. The molecule has 0 spiro atoms. The Kier molecular flexibility index (Phi) is 5.97. The first-order valence-electron chi connectivity index (χ1n) is 7.97. The summed E-state index contributed by atoms with van der Waals surface area (Å²) in [5.41, 5.74) is 1.03. The van der Waals surface area contributed by atoms with Gasteiger partial charge in [-0.25, -0.2) is 8.42 Å². The summed E-state index contributed by atoms with van der Waals surface area (Å²) >= 11 is 0. The Hall–Kier alpha value is -0.950. The van der Waals surface area contributed by atoms with Gasteiger partial charge in [0.2, 0.25) is 10.0 Å². The van der Waals surface area contributed by atoms with Gasteiger partial charge in [0.1, 0.15) is 0 Å². The van der Waals surface area contributed by atoms with Gasteiger partial charge in [0.15, 0.2) is 0 Å². The molecule has 6 heteroatoms. The molecule has 0 bridgehead atoms. The van der Waals surface area contributed by atoms with Crippen molar-refractivity contribution in [3.8, 4) is 0 Å². The van der Waals surface area contributed by atoms with Crippen molar-refractivity contribution < 1.29 is 13.5 Å². The molecule has 1 aliphatic heterocycles. The van der Waals surface area contributed by atoms with Crippen molar-refractivity contribution in [1.82, 2.24) is 9.21 Å². The van der Waals surface area contributed by atoms with E-state index < -0.39 is 10.0 Å². The van der Waals surface area contributed by atoms with Crippen LogP contribution in [-0.2, 0) is 16.4 Å². The second kappa shape index (κ2) is 7.55. The Balaban J connectivity index is 2.09. The molecule has 2 rings (SSSR count). The van der Waals surface area contributed by atoms with Crippen molar-refractivity contribution in [3.63, 3.8) is 0 Å². The average molecular weight is 326 g/mol. The van der Waals surface area contributed by atoms with Crippen molar-refractivity contribution >= 4 is 10.0 Å². The maximum atomic E-state index is 12.7. The molecule has 1 atom stereocenters. The second-order valence-electron chi connectivity index (χ2n) is 5.69. The summed E-state index contributed by atoms with van der Waals surface area (Å²) in [5, 5.41) is 9.37. The molecule has 1 saturated heterocycles. The first-order chi connectivity index (χ1) is 10.5. The van der Waals surface area contributed by atoms with E-state index in [2.05, 4.69) is 4.90 Å². The van der Waals surface area contributed by atoms with Gasteiger partial charge >= 0.3 is 0 Å². The zero-order valence-electron chi connectivity index (χ0n) is 13.4. The average Bonchev–Trinajstić information content (AvgIpc) is 2.56. The van der Waals surface area contributed by atoms with Gasteiger partial charge in [-0.1, -0.05) is 26.0 Å². The van der Waals surface area contributed by atoms with Crippen LogP contribution in [0.25, 0.3) is 0 Å². The number of aryl methyl sites for hydroxylation is 1. The van der Waals surface area contributed by atoms with Crippen molar-refractivity contribution in [2.24, 2.45) is 0 Å². The molecule has 22 heavy (non-hydrogen) atoms. The van der Waals surface area contributed by atoms with E-state index in [-0.39, 0.29) is 12.6 Å². The van der Waals surface area contributed by atoms with Gasteiger partial charge in [-0.2, -0.15) is 4.31 Å². The lowest BCUT2D eigenvalue weighted by atomic mass is 10.2. The zero-order valence-corrected chi connectivity index (χ0v) is 14.2. The Morgan fingerprint density at radius 3 is 2.41 bits per heavy atom. The Morgan fingerprint density at radius 2 is 1.86 bits per heavy atom. The number of hydrogen-bond acceptors (Lipinski definition) is 4. The van der Waals surface area contributed by atoms with E-state index in [0.29, 0.717) is 31.1 Å². The van der Waals surface area contributed by atoms with Gasteiger partial charge in [-0.05, 0) is 30.5 Å². The highest BCUT2D eigenvalue weighted by molar-refractivity contribution is 7.89. The molecule has 1 aromatic carbocycles. The van der Waals surface area contributed by atoms with Gasteiger partial charge < -0.3 is 5.11 Å². The van der Waals surface area contributed by atoms with Gasteiger partial charge in [-0.15, -0.1) is 0 Å². The fraction of sp³-hybridized carbons (Fsp3) is 0.625. The molecular weight excluding hydrogens is 300 g/mol. The SMILES string of the molecule is CCc1cccc(S(=O)(=O)N2CCN(C(CC)CO)CC2)c1. The molecule has 5 nitrogen and oxygen atoms in total. The van der Waals surface area contributed by atoms with Crippen LogP contribution in [0.3, 0.4) is 0 Å². The molecule has 1 aliphatic rings. The monoisotopic (exact) mass is 326 g/mol.